The number of nitrogens with one attached hydrogen (secondary N) is 2. The highest BCUT2D eigenvalue weighted by Gasteiger charge is 2.15. The van der Waals surface area contributed by atoms with E-state index in [0.29, 0.717) is 17.9 Å². The highest BCUT2D eigenvalue weighted by molar-refractivity contribution is 7.89. The molecule has 0 amide bonds. The summed E-state index contributed by atoms with van der Waals surface area (Å²) in [5.41, 5.74) is 5.20. The Morgan fingerprint density at radius 2 is 1.81 bits per heavy atom. The van der Waals surface area contributed by atoms with Crippen LogP contribution in [0.25, 0.3) is 10.9 Å². The van der Waals surface area contributed by atoms with E-state index in [1.165, 1.54) is 0 Å². The summed E-state index contributed by atoms with van der Waals surface area (Å²) in [5.74, 6) is 0.786. The minimum Gasteiger partial charge on any atom is -0.497 e. The van der Waals surface area contributed by atoms with E-state index in [0.717, 1.165) is 39.0 Å². The highest BCUT2D eigenvalue weighted by atomic mass is 32.2. The zero-order valence-electron chi connectivity index (χ0n) is 15.5. The van der Waals surface area contributed by atoms with Gasteiger partial charge in [0.2, 0.25) is 10.0 Å². The molecule has 1 aromatic heterocycles. The third kappa shape index (κ3) is 3.61. The van der Waals surface area contributed by atoms with Crippen LogP contribution in [0.2, 0.25) is 0 Å². The van der Waals surface area contributed by atoms with Gasteiger partial charge in [0.1, 0.15) is 5.75 Å². The number of aromatic amines is 1. The van der Waals surface area contributed by atoms with Crippen molar-refractivity contribution in [1.29, 1.82) is 0 Å². The molecule has 0 aliphatic heterocycles. The molecule has 0 saturated carbocycles. The summed E-state index contributed by atoms with van der Waals surface area (Å²) in [4.78, 5) is 3.64. The molecule has 0 atom stereocenters. The summed E-state index contributed by atoms with van der Waals surface area (Å²) in [6.07, 6.45) is 0.600. The van der Waals surface area contributed by atoms with Gasteiger partial charge in [-0.2, -0.15) is 0 Å². The van der Waals surface area contributed by atoms with Gasteiger partial charge in [0.05, 0.1) is 12.0 Å². The highest BCUT2D eigenvalue weighted by Crippen LogP contribution is 2.26. The first kappa shape index (κ1) is 18.5. The summed E-state index contributed by atoms with van der Waals surface area (Å²) in [7, 11) is -1.88. The molecule has 0 radical (unpaired) electrons. The van der Waals surface area contributed by atoms with Crippen molar-refractivity contribution in [3.05, 3.63) is 58.8 Å². The van der Waals surface area contributed by atoms with Crippen molar-refractivity contribution in [1.82, 2.24) is 9.71 Å². The Morgan fingerprint density at radius 3 is 2.50 bits per heavy atom. The fourth-order valence-electron chi connectivity index (χ4n) is 3.09. The van der Waals surface area contributed by atoms with Crippen molar-refractivity contribution in [2.75, 3.05) is 13.7 Å². The van der Waals surface area contributed by atoms with E-state index in [2.05, 4.69) is 9.71 Å². The third-order valence-electron chi connectivity index (χ3n) is 4.78. The van der Waals surface area contributed by atoms with E-state index in [-0.39, 0.29) is 0 Å². The molecule has 0 saturated heterocycles. The first-order valence-corrected chi connectivity index (χ1v) is 10.0. The summed E-state index contributed by atoms with van der Waals surface area (Å²) in [5, 5.41) is 1.06. The number of sulfonamides is 1. The average Bonchev–Trinajstić information content (AvgIpc) is 2.92. The van der Waals surface area contributed by atoms with Gasteiger partial charge >= 0.3 is 0 Å². The molecule has 2 aromatic carbocycles. The Morgan fingerprint density at radius 1 is 1.04 bits per heavy atom. The second-order valence-electron chi connectivity index (χ2n) is 6.53. The molecule has 3 rings (SSSR count). The standard InChI is InChI=1S/C20H24N2O3S/c1-13-5-7-17(11-14(13)2)26(23,24)21-10-9-18-15(3)22-20-8-6-16(25-4)12-19(18)20/h5-8,11-12,21-22H,9-10H2,1-4H3. The Labute approximate surface area is 154 Å². The van der Waals surface area contributed by atoms with Crippen LogP contribution >= 0.6 is 0 Å². The number of ether oxygens (including phenoxy) is 1. The monoisotopic (exact) mass is 372 g/mol. The zero-order chi connectivity index (χ0) is 18.9. The van der Waals surface area contributed by atoms with Crippen LogP contribution in [0.5, 0.6) is 5.75 Å². The van der Waals surface area contributed by atoms with E-state index >= 15 is 0 Å². The number of hydrogen-bond donors (Lipinski definition) is 2. The molecule has 138 valence electrons. The van der Waals surface area contributed by atoms with Gasteiger partial charge < -0.3 is 9.72 Å². The molecule has 0 aliphatic rings. The minimum absolute atomic E-state index is 0.304. The van der Waals surface area contributed by atoms with Gasteiger partial charge in [-0.25, -0.2) is 13.1 Å². The molecule has 2 N–H and O–H groups in total. The number of methoxy groups -OCH3 is 1. The van der Waals surface area contributed by atoms with E-state index < -0.39 is 10.0 Å². The van der Waals surface area contributed by atoms with Crippen LogP contribution in [-0.2, 0) is 16.4 Å². The molecular weight excluding hydrogens is 348 g/mol. The number of hydrogen-bond acceptors (Lipinski definition) is 3. The molecule has 0 aliphatic carbocycles. The average molecular weight is 372 g/mol. The van der Waals surface area contributed by atoms with Crippen LogP contribution < -0.4 is 9.46 Å². The van der Waals surface area contributed by atoms with Gasteiger partial charge in [-0.3, -0.25) is 0 Å². The fraction of sp³-hybridized carbons (Fsp3) is 0.300. The molecule has 0 bridgehead atoms. The molecule has 0 unspecified atom stereocenters. The Balaban J connectivity index is 1.78. The maximum atomic E-state index is 12.5. The Hall–Kier alpha value is -2.31. The largest absolute Gasteiger partial charge is 0.497 e. The van der Waals surface area contributed by atoms with Crippen molar-refractivity contribution in [2.45, 2.75) is 32.1 Å². The molecule has 0 fully saturated rings. The van der Waals surface area contributed by atoms with Crippen LogP contribution in [0.3, 0.4) is 0 Å². The van der Waals surface area contributed by atoms with E-state index in [4.69, 9.17) is 4.74 Å². The molecular formula is C20H24N2O3S. The molecule has 6 heteroatoms. The van der Waals surface area contributed by atoms with Crippen LogP contribution in [0.15, 0.2) is 41.3 Å². The van der Waals surface area contributed by atoms with E-state index in [1.807, 2.05) is 45.0 Å². The zero-order valence-corrected chi connectivity index (χ0v) is 16.3. The minimum atomic E-state index is -3.52. The van der Waals surface area contributed by atoms with E-state index in [1.54, 1.807) is 19.2 Å². The maximum Gasteiger partial charge on any atom is 0.240 e. The summed E-state index contributed by atoms with van der Waals surface area (Å²) >= 11 is 0. The van der Waals surface area contributed by atoms with Crippen molar-refractivity contribution in [3.63, 3.8) is 0 Å². The van der Waals surface area contributed by atoms with Crippen LogP contribution in [0.1, 0.15) is 22.4 Å². The van der Waals surface area contributed by atoms with Gasteiger partial charge in [0.15, 0.2) is 0 Å². The summed E-state index contributed by atoms with van der Waals surface area (Å²) in [6, 6.07) is 11.0. The number of aryl methyl sites for hydroxylation is 3. The van der Waals surface area contributed by atoms with Crippen LogP contribution in [0, 0.1) is 20.8 Å². The van der Waals surface area contributed by atoms with Gasteiger partial charge in [-0.1, -0.05) is 6.07 Å². The van der Waals surface area contributed by atoms with Crippen molar-refractivity contribution in [3.8, 4) is 5.75 Å². The van der Waals surface area contributed by atoms with Crippen molar-refractivity contribution in [2.24, 2.45) is 0 Å². The Kier molecular flexibility index (Phi) is 5.07. The number of H-pyrrole nitrogens is 1. The molecule has 5 nitrogen and oxygen atoms in total. The number of fused-ring (bicyclic) bond motifs is 1. The fourth-order valence-corrected chi connectivity index (χ4v) is 4.20. The number of rotatable bonds is 6. The topological polar surface area (TPSA) is 71.2 Å². The molecule has 0 spiro atoms. The molecule has 26 heavy (non-hydrogen) atoms. The second kappa shape index (κ2) is 7.13. The summed E-state index contributed by atoms with van der Waals surface area (Å²) < 4.78 is 33.1. The quantitative estimate of drug-likeness (QED) is 0.694. The Bertz CT molecular complexity index is 1050. The van der Waals surface area contributed by atoms with Crippen molar-refractivity contribution >= 4 is 20.9 Å². The van der Waals surface area contributed by atoms with E-state index in [9.17, 15) is 8.42 Å². The lowest BCUT2D eigenvalue weighted by Crippen LogP contribution is -2.26. The molecule has 1 heterocycles. The maximum absolute atomic E-state index is 12.5. The first-order chi connectivity index (χ1) is 12.3. The first-order valence-electron chi connectivity index (χ1n) is 8.54. The summed E-state index contributed by atoms with van der Waals surface area (Å²) in [6.45, 7) is 6.21. The van der Waals surface area contributed by atoms with Gasteiger partial charge in [-0.05, 0) is 74.2 Å². The SMILES string of the molecule is COc1ccc2[nH]c(C)c(CCNS(=O)(=O)c3ccc(C)c(C)c3)c2c1. The smallest absolute Gasteiger partial charge is 0.240 e. The lowest BCUT2D eigenvalue weighted by atomic mass is 10.1. The van der Waals surface area contributed by atoms with Gasteiger partial charge in [0, 0.05) is 23.1 Å². The normalized spacial score (nSPS) is 11.8. The lowest BCUT2D eigenvalue weighted by molar-refractivity contribution is 0.415. The number of aromatic nitrogens is 1. The third-order valence-corrected chi connectivity index (χ3v) is 6.24. The molecule has 3 aromatic rings. The van der Waals surface area contributed by atoms with Crippen LogP contribution in [0.4, 0.5) is 0 Å². The van der Waals surface area contributed by atoms with Crippen LogP contribution in [-0.4, -0.2) is 27.1 Å². The predicted molar refractivity (Wildman–Crippen MR) is 104 cm³/mol. The van der Waals surface area contributed by atoms with Gasteiger partial charge in [-0.15, -0.1) is 0 Å². The number of benzene rings is 2. The second-order valence-corrected chi connectivity index (χ2v) is 8.30. The lowest BCUT2D eigenvalue weighted by Gasteiger charge is -2.09. The van der Waals surface area contributed by atoms with Gasteiger partial charge in [0.25, 0.3) is 0 Å². The predicted octanol–water partition coefficient (Wildman–Crippen LogP) is 3.62. The van der Waals surface area contributed by atoms with Crippen molar-refractivity contribution < 1.29 is 13.2 Å².